The Kier molecular flexibility index (Phi) is 3.70. The Balaban J connectivity index is 2.03. The van der Waals surface area contributed by atoms with Crippen molar-refractivity contribution in [2.24, 2.45) is 11.8 Å². The number of aliphatic hydroxyl groups excluding tert-OH is 1. The van der Waals surface area contributed by atoms with E-state index in [9.17, 15) is 5.11 Å². The molecule has 2 rings (SSSR count). The summed E-state index contributed by atoms with van der Waals surface area (Å²) in [7, 11) is 0. The number of aliphatic hydroxyl groups is 1. The summed E-state index contributed by atoms with van der Waals surface area (Å²) in [6.45, 7) is 2.28. The van der Waals surface area contributed by atoms with Crippen molar-refractivity contribution < 1.29 is 5.11 Å². The lowest BCUT2D eigenvalue weighted by Gasteiger charge is -2.29. The highest BCUT2D eigenvalue weighted by Gasteiger charge is 2.27. The van der Waals surface area contributed by atoms with Crippen molar-refractivity contribution >= 4 is 22.9 Å². The summed E-state index contributed by atoms with van der Waals surface area (Å²) in [6.07, 6.45) is 4.57. The Morgan fingerprint density at radius 2 is 2.33 bits per heavy atom. The van der Waals surface area contributed by atoms with Gasteiger partial charge in [0, 0.05) is 10.3 Å². The average Bonchev–Trinajstić information content (AvgIpc) is 2.64. The van der Waals surface area contributed by atoms with Crippen LogP contribution in [0.15, 0.2) is 11.4 Å². The van der Waals surface area contributed by atoms with Crippen LogP contribution in [-0.4, -0.2) is 5.11 Å². The first kappa shape index (κ1) is 11.4. The normalized spacial score (nSPS) is 29.0. The van der Waals surface area contributed by atoms with E-state index in [1.807, 2.05) is 11.4 Å². The van der Waals surface area contributed by atoms with Gasteiger partial charge in [-0.2, -0.15) is 0 Å². The van der Waals surface area contributed by atoms with Crippen LogP contribution in [0.1, 0.15) is 43.6 Å². The van der Waals surface area contributed by atoms with Crippen LogP contribution >= 0.6 is 22.9 Å². The van der Waals surface area contributed by atoms with Gasteiger partial charge in [0.1, 0.15) is 0 Å². The van der Waals surface area contributed by atoms with Crippen LogP contribution < -0.4 is 0 Å². The molecule has 0 spiro atoms. The van der Waals surface area contributed by atoms with Crippen molar-refractivity contribution in [3.05, 3.63) is 21.3 Å². The topological polar surface area (TPSA) is 20.2 Å². The molecule has 1 aromatic heterocycles. The predicted molar refractivity (Wildman–Crippen MR) is 65.4 cm³/mol. The first-order valence-electron chi connectivity index (χ1n) is 5.59. The Bertz CT molecular complexity index is 323. The number of hydrogen-bond donors (Lipinski definition) is 1. The van der Waals surface area contributed by atoms with Crippen molar-refractivity contribution in [2.75, 3.05) is 0 Å². The second-order valence-corrected chi connectivity index (χ2v) is 6.02. The molecule has 0 radical (unpaired) electrons. The molecule has 1 N–H and O–H groups in total. The van der Waals surface area contributed by atoms with Gasteiger partial charge in [-0.15, -0.1) is 11.3 Å². The van der Waals surface area contributed by atoms with E-state index in [0.29, 0.717) is 5.92 Å². The van der Waals surface area contributed by atoms with Gasteiger partial charge < -0.3 is 5.11 Å². The molecule has 3 heteroatoms. The Labute approximate surface area is 100 Å². The van der Waals surface area contributed by atoms with E-state index in [4.69, 9.17) is 11.6 Å². The third kappa shape index (κ3) is 2.74. The zero-order valence-electron chi connectivity index (χ0n) is 8.95. The summed E-state index contributed by atoms with van der Waals surface area (Å²) >= 11 is 7.44. The van der Waals surface area contributed by atoms with Crippen LogP contribution in [-0.2, 0) is 0 Å². The van der Waals surface area contributed by atoms with E-state index in [0.717, 1.165) is 28.7 Å². The lowest BCUT2D eigenvalue weighted by molar-refractivity contribution is 0.0742. The van der Waals surface area contributed by atoms with Crippen molar-refractivity contribution in [1.82, 2.24) is 0 Å². The van der Waals surface area contributed by atoms with Crippen molar-refractivity contribution in [1.29, 1.82) is 0 Å². The number of rotatable bonds is 2. The molecule has 1 fully saturated rings. The smallest absolute Gasteiger partial charge is 0.0910 e. The second kappa shape index (κ2) is 4.86. The standard InChI is InChI=1S/C12H17ClOS/c1-8-3-2-4-9(5-8)12(14)11-6-10(13)7-15-11/h6-9,12,14H,2-5H2,1H3. The van der Waals surface area contributed by atoms with Gasteiger partial charge >= 0.3 is 0 Å². The predicted octanol–water partition coefficient (Wildman–Crippen LogP) is 4.26. The van der Waals surface area contributed by atoms with Crippen LogP contribution in [0.4, 0.5) is 0 Å². The summed E-state index contributed by atoms with van der Waals surface area (Å²) in [5.41, 5.74) is 0. The summed E-state index contributed by atoms with van der Waals surface area (Å²) < 4.78 is 0. The molecule has 3 atom stereocenters. The minimum Gasteiger partial charge on any atom is -0.387 e. The monoisotopic (exact) mass is 244 g/mol. The molecular weight excluding hydrogens is 228 g/mol. The van der Waals surface area contributed by atoms with Crippen molar-refractivity contribution in [2.45, 2.75) is 38.7 Å². The largest absolute Gasteiger partial charge is 0.387 e. The minimum absolute atomic E-state index is 0.301. The van der Waals surface area contributed by atoms with Crippen LogP contribution in [0.3, 0.4) is 0 Å². The minimum atomic E-state index is -0.301. The zero-order chi connectivity index (χ0) is 10.8. The Morgan fingerprint density at radius 3 is 2.93 bits per heavy atom. The van der Waals surface area contributed by atoms with Crippen molar-refractivity contribution in [3.63, 3.8) is 0 Å². The average molecular weight is 245 g/mol. The van der Waals surface area contributed by atoms with E-state index in [1.165, 1.54) is 12.8 Å². The van der Waals surface area contributed by atoms with Gasteiger partial charge in [-0.3, -0.25) is 0 Å². The summed E-state index contributed by atoms with van der Waals surface area (Å²) in [5, 5.41) is 12.9. The zero-order valence-corrected chi connectivity index (χ0v) is 10.5. The molecule has 1 nitrogen and oxygen atoms in total. The van der Waals surface area contributed by atoms with Gasteiger partial charge in [-0.1, -0.05) is 31.4 Å². The van der Waals surface area contributed by atoms with E-state index in [1.54, 1.807) is 11.3 Å². The quantitative estimate of drug-likeness (QED) is 0.824. The third-order valence-electron chi connectivity index (χ3n) is 3.30. The van der Waals surface area contributed by atoms with Gasteiger partial charge in [0.2, 0.25) is 0 Å². The summed E-state index contributed by atoms with van der Waals surface area (Å²) in [4.78, 5) is 1.03. The third-order valence-corrected chi connectivity index (χ3v) is 4.65. The molecule has 0 aromatic carbocycles. The molecule has 1 aliphatic carbocycles. The Morgan fingerprint density at radius 1 is 1.53 bits per heavy atom. The van der Waals surface area contributed by atoms with Gasteiger partial charge in [0.15, 0.2) is 0 Å². The molecule has 1 aliphatic rings. The fraction of sp³-hybridized carbons (Fsp3) is 0.667. The fourth-order valence-corrected chi connectivity index (χ4v) is 3.64. The van der Waals surface area contributed by atoms with E-state index >= 15 is 0 Å². The highest BCUT2D eigenvalue weighted by molar-refractivity contribution is 7.10. The van der Waals surface area contributed by atoms with Crippen LogP contribution in [0.5, 0.6) is 0 Å². The summed E-state index contributed by atoms with van der Waals surface area (Å²) in [6, 6.07) is 1.90. The molecule has 1 aromatic rings. The van der Waals surface area contributed by atoms with E-state index < -0.39 is 0 Å². The van der Waals surface area contributed by atoms with E-state index in [-0.39, 0.29) is 6.10 Å². The molecule has 0 aliphatic heterocycles. The molecule has 1 saturated carbocycles. The number of hydrogen-bond acceptors (Lipinski definition) is 2. The molecule has 0 saturated heterocycles. The molecule has 0 amide bonds. The molecule has 15 heavy (non-hydrogen) atoms. The second-order valence-electron chi connectivity index (χ2n) is 4.64. The molecule has 3 unspecified atom stereocenters. The van der Waals surface area contributed by atoms with Crippen LogP contribution in [0.25, 0.3) is 0 Å². The number of halogens is 1. The molecular formula is C12H17ClOS. The highest BCUT2D eigenvalue weighted by atomic mass is 35.5. The SMILES string of the molecule is CC1CCCC(C(O)c2cc(Cl)cs2)C1. The summed E-state index contributed by atoms with van der Waals surface area (Å²) in [5.74, 6) is 1.19. The van der Waals surface area contributed by atoms with Crippen LogP contribution in [0, 0.1) is 11.8 Å². The maximum absolute atomic E-state index is 10.2. The van der Waals surface area contributed by atoms with E-state index in [2.05, 4.69) is 6.92 Å². The highest BCUT2D eigenvalue weighted by Crippen LogP contribution is 2.39. The van der Waals surface area contributed by atoms with Gasteiger partial charge in [0.05, 0.1) is 11.1 Å². The molecule has 1 heterocycles. The lowest BCUT2D eigenvalue weighted by Crippen LogP contribution is -2.19. The van der Waals surface area contributed by atoms with Crippen LogP contribution in [0.2, 0.25) is 5.02 Å². The van der Waals surface area contributed by atoms with Crippen molar-refractivity contribution in [3.8, 4) is 0 Å². The maximum Gasteiger partial charge on any atom is 0.0910 e. The van der Waals surface area contributed by atoms with Gasteiger partial charge in [-0.05, 0) is 30.7 Å². The lowest BCUT2D eigenvalue weighted by atomic mass is 9.79. The first-order chi connectivity index (χ1) is 7.16. The van der Waals surface area contributed by atoms with Gasteiger partial charge in [0.25, 0.3) is 0 Å². The fourth-order valence-electron chi connectivity index (χ4n) is 2.48. The Hall–Kier alpha value is -0.0500. The maximum atomic E-state index is 10.2. The molecule has 0 bridgehead atoms. The number of thiophene rings is 1. The first-order valence-corrected chi connectivity index (χ1v) is 6.84. The van der Waals surface area contributed by atoms with Gasteiger partial charge in [-0.25, -0.2) is 0 Å². The molecule has 84 valence electrons.